The molecule has 0 aliphatic rings. The largest absolute Gasteiger partial charge is 0.330 e. The van der Waals surface area contributed by atoms with Crippen LogP contribution in [0.3, 0.4) is 0 Å². The third-order valence-electron chi connectivity index (χ3n) is 2.01. The third-order valence-corrected chi connectivity index (χ3v) is 2.98. The highest BCUT2D eigenvalue weighted by Crippen LogP contribution is 2.23. The fourth-order valence-corrected chi connectivity index (χ4v) is 1.57. The molecule has 0 aromatic heterocycles. The zero-order valence-electron chi connectivity index (χ0n) is 7.81. The molecule has 0 aliphatic carbocycles. The molecule has 2 nitrogen and oxygen atoms in total. The topological polar surface area (TPSA) is 43.1 Å². The van der Waals surface area contributed by atoms with Gasteiger partial charge in [0, 0.05) is 12.0 Å². The van der Waals surface area contributed by atoms with Gasteiger partial charge in [0.1, 0.15) is 5.82 Å². The van der Waals surface area contributed by atoms with E-state index in [4.69, 9.17) is 5.73 Å². The van der Waals surface area contributed by atoms with Crippen molar-refractivity contribution in [3.05, 3.63) is 33.5 Å². The molecule has 2 N–H and O–H groups in total. The average molecular weight is 260 g/mol. The summed E-state index contributed by atoms with van der Waals surface area (Å²) in [5.74, 6) is -0.405. The first-order valence-corrected chi connectivity index (χ1v) is 5.05. The summed E-state index contributed by atoms with van der Waals surface area (Å²) in [6.07, 6.45) is 0.291. The number of carbonyl (C=O) groups excluding carboxylic acids is 1. The fraction of sp³-hybridized carbons (Fsp3) is 0.300. The summed E-state index contributed by atoms with van der Waals surface area (Å²) in [5, 5.41) is 0. The van der Waals surface area contributed by atoms with Gasteiger partial charge in [-0.25, -0.2) is 4.39 Å². The molecule has 1 rings (SSSR count). The number of Topliss-reactive ketones (excluding diaryl/α,β-unsaturated/α-hetero) is 1. The second-order valence-corrected chi connectivity index (χ2v) is 3.79. The second kappa shape index (κ2) is 4.66. The average Bonchev–Trinajstić information content (AvgIpc) is 2.15. The standard InChI is InChI=1S/C10H11BrFNO/c1-6-7(9(14)4-5-13)2-3-8(12)10(6)11/h2-3H,4-5,13H2,1H3. The van der Waals surface area contributed by atoms with Crippen LogP contribution in [0, 0.1) is 12.7 Å². The molecule has 0 unspecified atom stereocenters. The fourth-order valence-electron chi connectivity index (χ4n) is 1.22. The molecule has 1 aromatic rings. The lowest BCUT2D eigenvalue weighted by atomic mass is 10.0. The summed E-state index contributed by atoms with van der Waals surface area (Å²) in [6.45, 7) is 2.02. The molecular weight excluding hydrogens is 249 g/mol. The van der Waals surface area contributed by atoms with E-state index in [1.807, 2.05) is 0 Å². The molecule has 0 saturated heterocycles. The van der Waals surface area contributed by atoms with Crippen molar-refractivity contribution < 1.29 is 9.18 Å². The van der Waals surface area contributed by atoms with Crippen LogP contribution in [0.25, 0.3) is 0 Å². The molecule has 0 heterocycles. The SMILES string of the molecule is Cc1c(C(=O)CCN)ccc(F)c1Br. The number of halogens is 2. The molecule has 0 atom stereocenters. The quantitative estimate of drug-likeness (QED) is 0.848. The molecule has 0 radical (unpaired) electrons. The molecule has 0 bridgehead atoms. The van der Waals surface area contributed by atoms with E-state index in [0.717, 1.165) is 0 Å². The Morgan fingerprint density at radius 1 is 1.57 bits per heavy atom. The summed E-state index contributed by atoms with van der Waals surface area (Å²) < 4.78 is 13.4. The maximum absolute atomic E-state index is 13.0. The minimum atomic E-state index is -0.355. The van der Waals surface area contributed by atoms with E-state index < -0.39 is 0 Å². The van der Waals surface area contributed by atoms with Gasteiger partial charge < -0.3 is 5.73 Å². The van der Waals surface area contributed by atoms with Crippen molar-refractivity contribution in [1.82, 2.24) is 0 Å². The predicted molar refractivity (Wildman–Crippen MR) is 56.8 cm³/mol. The number of hydrogen-bond acceptors (Lipinski definition) is 2. The number of benzene rings is 1. The van der Waals surface area contributed by atoms with Gasteiger partial charge in [-0.05, 0) is 47.1 Å². The van der Waals surface area contributed by atoms with Crippen molar-refractivity contribution in [3.8, 4) is 0 Å². The van der Waals surface area contributed by atoms with E-state index in [9.17, 15) is 9.18 Å². The maximum Gasteiger partial charge on any atom is 0.164 e. The van der Waals surface area contributed by atoms with Gasteiger partial charge in [0.05, 0.1) is 4.47 Å². The van der Waals surface area contributed by atoms with Crippen LogP contribution in [0.4, 0.5) is 4.39 Å². The minimum Gasteiger partial charge on any atom is -0.330 e. The molecule has 76 valence electrons. The normalized spacial score (nSPS) is 10.3. The van der Waals surface area contributed by atoms with Gasteiger partial charge in [0.15, 0.2) is 5.78 Å². The maximum atomic E-state index is 13.0. The van der Waals surface area contributed by atoms with Crippen LogP contribution >= 0.6 is 15.9 Å². The first-order valence-electron chi connectivity index (χ1n) is 4.25. The molecule has 0 fully saturated rings. The third kappa shape index (κ3) is 2.19. The summed E-state index contributed by atoms with van der Waals surface area (Å²) in [4.78, 5) is 11.5. The van der Waals surface area contributed by atoms with E-state index in [2.05, 4.69) is 15.9 Å². The smallest absolute Gasteiger partial charge is 0.164 e. The van der Waals surface area contributed by atoms with Gasteiger partial charge >= 0.3 is 0 Å². The van der Waals surface area contributed by atoms with Crippen molar-refractivity contribution in [2.45, 2.75) is 13.3 Å². The zero-order valence-corrected chi connectivity index (χ0v) is 9.40. The minimum absolute atomic E-state index is 0.0503. The Morgan fingerprint density at radius 3 is 2.79 bits per heavy atom. The molecular formula is C10H11BrFNO. The zero-order chi connectivity index (χ0) is 10.7. The molecule has 0 aliphatic heterocycles. The van der Waals surface area contributed by atoms with Crippen LogP contribution in [-0.2, 0) is 0 Å². The van der Waals surface area contributed by atoms with Gasteiger partial charge in [0.25, 0.3) is 0 Å². The lowest BCUT2D eigenvalue weighted by Gasteiger charge is -2.06. The lowest BCUT2D eigenvalue weighted by molar-refractivity contribution is 0.0985. The molecule has 14 heavy (non-hydrogen) atoms. The van der Waals surface area contributed by atoms with Crippen LogP contribution in [0.1, 0.15) is 22.3 Å². The van der Waals surface area contributed by atoms with E-state index >= 15 is 0 Å². The molecule has 1 aromatic carbocycles. The Balaban J connectivity index is 3.11. The molecule has 0 amide bonds. The Hall–Kier alpha value is -0.740. The monoisotopic (exact) mass is 259 g/mol. The van der Waals surface area contributed by atoms with Crippen LogP contribution in [0.2, 0.25) is 0 Å². The van der Waals surface area contributed by atoms with Gasteiger partial charge in [-0.15, -0.1) is 0 Å². The highest BCUT2D eigenvalue weighted by Gasteiger charge is 2.12. The van der Waals surface area contributed by atoms with Gasteiger partial charge in [-0.2, -0.15) is 0 Å². The van der Waals surface area contributed by atoms with Crippen molar-refractivity contribution in [3.63, 3.8) is 0 Å². The molecule has 0 saturated carbocycles. The summed E-state index contributed by atoms with van der Waals surface area (Å²) in [6, 6.07) is 2.77. The Bertz CT molecular complexity index is 365. The Morgan fingerprint density at radius 2 is 2.21 bits per heavy atom. The van der Waals surface area contributed by atoms with Crippen molar-refractivity contribution >= 4 is 21.7 Å². The van der Waals surface area contributed by atoms with Crippen molar-refractivity contribution in [2.75, 3.05) is 6.54 Å². The van der Waals surface area contributed by atoms with Gasteiger partial charge in [0.2, 0.25) is 0 Å². The van der Waals surface area contributed by atoms with Crippen LogP contribution in [-0.4, -0.2) is 12.3 Å². The summed E-state index contributed by atoms with van der Waals surface area (Å²) in [7, 11) is 0. The first kappa shape index (κ1) is 11.3. The second-order valence-electron chi connectivity index (χ2n) is 3.00. The highest BCUT2D eigenvalue weighted by atomic mass is 79.9. The predicted octanol–water partition coefficient (Wildman–Crippen LogP) is 2.43. The van der Waals surface area contributed by atoms with E-state index in [-0.39, 0.29) is 11.6 Å². The number of nitrogens with two attached hydrogens (primary N) is 1. The van der Waals surface area contributed by atoms with E-state index in [0.29, 0.717) is 28.6 Å². The van der Waals surface area contributed by atoms with Gasteiger partial charge in [-0.1, -0.05) is 0 Å². The number of ketones is 1. The summed E-state index contributed by atoms with van der Waals surface area (Å²) in [5.41, 5.74) is 6.44. The first-order chi connectivity index (χ1) is 6.57. The molecule has 0 spiro atoms. The van der Waals surface area contributed by atoms with Crippen LogP contribution in [0.5, 0.6) is 0 Å². The number of rotatable bonds is 3. The highest BCUT2D eigenvalue weighted by molar-refractivity contribution is 9.10. The summed E-state index contributed by atoms with van der Waals surface area (Å²) >= 11 is 3.09. The van der Waals surface area contributed by atoms with Crippen molar-refractivity contribution in [1.29, 1.82) is 0 Å². The van der Waals surface area contributed by atoms with Gasteiger partial charge in [-0.3, -0.25) is 4.79 Å². The van der Waals surface area contributed by atoms with Crippen LogP contribution in [0.15, 0.2) is 16.6 Å². The van der Waals surface area contributed by atoms with E-state index in [1.54, 1.807) is 6.92 Å². The van der Waals surface area contributed by atoms with Crippen molar-refractivity contribution in [2.24, 2.45) is 5.73 Å². The Labute approximate surface area is 90.4 Å². The van der Waals surface area contributed by atoms with E-state index in [1.165, 1.54) is 12.1 Å². The number of hydrogen-bond donors (Lipinski definition) is 1. The molecule has 4 heteroatoms. The number of carbonyl (C=O) groups is 1. The van der Waals surface area contributed by atoms with Crippen LogP contribution < -0.4 is 5.73 Å². The lowest BCUT2D eigenvalue weighted by Crippen LogP contribution is -2.09. The Kier molecular flexibility index (Phi) is 3.77.